The quantitative estimate of drug-likeness (QED) is 0.0550. The van der Waals surface area contributed by atoms with Gasteiger partial charge in [0.2, 0.25) is 5.91 Å². The van der Waals surface area contributed by atoms with Crippen LogP contribution in [0.15, 0.2) is 24.3 Å². The molecule has 2 atom stereocenters. The summed E-state index contributed by atoms with van der Waals surface area (Å²) in [6.07, 6.45) is 41.3. The largest absolute Gasteiger partial charge is 0.394 e. The average Bonchev–Trinajstić information content (AvgIpc) is 2.97. The molecule has 0 fully saturated rings. The minimum absolute atomic E-state index is 0.0810. The zero-order valence-corrected chi connectivity index (χ0v) is 27.6. The Balaban J connectivity index is 3.61. The highest BCUT2D eigenvalue weighted by Crippen LogP contribution is 2.15. The van der Waals surface area contributed by atoms with Crippen LogP contribution in [0.3, 0.4) is 0 Å². The molecule has 0 aromatic rings. The number of hydrogen-bond donors (Lipinski definition) is 3. The van der Waals surface area contributed by atoms with E-state index in [0.29, 0.717) is 6.42 Å². The van der Waals surface area contributed by atoms with Crippen molar-refractivity contribution >= 4 is 5.91 Å². The Hall–Kier alpha value is -1.13. The first-order valence-corrected chi connectivity index (χ1v) is 18.1. The van der Waals surface area contributed by atoms with Crippen molar-refractivity contribution in [3.8, 4) is 0 Å². The number of aliphatic hydroxyl groups is 2. The molecule has 0 aliphatic heterocycles. The summed E-state index contributed by atoms with van der Waals surface area (Å²) in [6.45, 7) is 4.26. The van der Waals surface area contributed by atoms with Crippen molar-refractivity contribution in [2.45, 2.75) is 199 Å². The minimum Gasteiger partial charge on any atom is -0.394 e. The first-order chi connectivity index (χ1) is 20.2. The Morgan fingerprint density at radius 1 is 0.585 bits per heavy atom. The van der Waals surface area contributed by atoms with Gasteiger partial charge in [0.1, 0.15) is 0 Å². The van der Waals surface area contributed by atoms with Crippen molar-refractivity contribution in [1.29, 1.82) is 0 Å². The van der Waals surface area contributed by atoms with Gasteiger partial charge in [-0.3, -0.25) is 4.79 Å². The van der Waals surface area contributed by atoms with Gasteiger partial charge in [0, 0.05) is 6.42 Å². The lowest BCUT2D eigenvalue weighted by Crippen LogP contribution is -2.45. The Labute approximate surface area is 256 Å². The van der Waals surface area contributed by atoms with Crippen LogP contribution >= 0.6 is 0 Å². The van der Waals surface area contributed by atoms with Crippen LogP contribution < -0.4 is 5.32 Å². The van der Waals surface area contributed by atoms with Gasteiger partial charge in [-0.25, -0.2) is 0 Å². The summed E-state index contributed by atoms with van der Waals surface area (Å²) in [5.41, 5.74) is 0. The second kappa shape index (κ2) is 33.4. The first kappa shape index (κ1) is 39.9. The number of rotatable bonds is 32. The van der Waals surface area contributed by atoms with Crippen molar-refractivity contribution in [2.24, 2.45) is 0 Å². The minimum atomic E-state index is -0.882. The number of carbonyl (C=O) groups excluding carboxylic acids is 1. The Morgan fingerprint density at radius 2 is 0.976 bits per heavy atom. The number of amides is 1. The van der Waals surface area contributed by atoms with E-state index in [4.69, 9.17) is 0 Å². The molecular formula is C37H71NO3. The summed E-state index contributed by atoms with van der Waals surface area (Å²) >= 11 is 0. The van der Waals surface area contributed by atoms with Crippen LogP contribution in [0.2, 0.25) is 0 Å². The highest BCUT2D eigenvalue weighted by molar-refractivity contribution is 5.76. The van der Waals surface area contributed by atoms with E-state index in [9.17, 15) is 15.0 Å². The SMILES string of the molecule is CCCCCCCCC/C=C/C=C/[C@@H](O)[C@H](CO)NC(=O)CCCCCCCCCCCCCCCCCCCC. The number of allylic oxidation sites excluding steroid dienone is 3. The summed E-state index contributed by atoms with van der Waals surface area (Å²) in [5, 5.41) is 22.8. The summed E-state index contributed by atoms with van der Waals surface area (Å²) in [7, 11) is 0. The zero-order chi connectivity index (χ0) is 30.1. The molecule has 1 amide bonds. The van der Waals surface area contributed by atoms with Crippen molar-refractivity contribution in [3.63, 3.8) is 0 Å². The molecule has 0 saturated heterocycles. The molecule has 0 aromatic heterocycles. The standard InChI is InChI=1S/C37H71NO3/c1-3-5-7-9-11-13-15-16-17-18-19-20-21-23-25-27-29-31-33-37(41)38-35(34-39)36(40)32-30-28-26-24-22-14-12-10-8-6-4-2/h26,28,30,32,35-36,39-40H,3-25,27,29,31,33-34H2,1-2H3,(H,38,41)/b28-26+,32-30+/t35-,36+/m0/s1. The van der Waals surface area contributed by atoms with Crippen LogP contribution in [0.25, 0.3) is 0 Å². The van der Waals surface area contributed by atoms with E-state index in [1.165, 1.54) is 148 Å². The molecule has 0 saturated carbocycles. The highest BCUT2D eigenvalue weighted by Gasteiger charge is 2.17. The van der Waals surface area contributed by atoms with Gasteiger partial charge in [0.05, 0.1) is 18.8 Å². The maximum Gasteiger partial charge on any atom is 0.220 e. The number of hydrogen-bond acceptors (Lipinski definition) is 3. The fourth-order valence-corrected chi connectivity index (χ4v) is 5.41. The third-order valence-corrected chi connectivity index (χ3v) is 8.24. The molecule has 0 radical (unpaired) electrons. The van der Waals surface area contributed by atoms with Crippen molar-refractivity contribution in [2.75, 3.05) is 6.61 Å². The summed E-state index contributed by atoms with van der Waals surface area (Å²) < 4.78 is 0. The van der Waals surface area contributed by atoms with Gasteiger partial charge in [0.15, 0.2) is 0 Å². The summed E-state index contributed by atoms with van der Waals surface area (Å²) in [4.78, 5) is 12.3. The van der Waals surface area contributed by atoms with Crippen molar-refractivity contribution < 1.29 is 15.0 Å². The molecule has 0 aliphatic carbocycles. The van der Waals surface area contributed by atoms with Gasteiger partial charge in [-0.05, 0) is 19.3 Å². The number of aliphatic hydroxyl groups excluding tert-OH is 2. The van der Waals surface area contributed by atoms with Crippen molar-refractivity contribution in [3.05, 3.63) is 24.3 Å². The Bertz CT molecular complexity index is 589. The molecule has 0 bridgehead atoms. The van der Waals surface area contributed by atoms with Crippen LogP contribution in [-0.2, 0) is 4.79 Å². The van der Waals surface area contributed by atoms with Crippen LogP contribution in [-0.4, -0.2) is 34.9 Å². The van der Waals surface area contributed by atoms with Gasteiger partial charge in [-0.15, -0.1) is 0 Å². The molecule has 3 N–H and O–H groups in total. The Morgan fingerprint density at radius 3 is 1.39 bits per heavy atom. The normalized spacial score (nSPS) is 13.4. The lowest BCUT2D eigenvalue weighted by molar-refractivity contribution is -0.123. The average molecular weight is 578 g/mol. The molecule has 0 heterocycles. The Kier molecular flexibility index (Phi) is 32.5. The zero-order valence-electron chi connectivity index (χ0n) is 27.6. The molecule has 242 valence electrons. The van der Waals surface area contributed by atoms with E-state index in [0.717, 1.165) is 19.3 Å². The highest BCUT2D eigenvalue weighted by atomic mass is 16.3. The lowest BCUT2D eigenvalue weighted by atomic mass is 10.0. The van der Waals surface area contributed by atoms with Crippen LogP contribution in [0.1, 0.15) is 187 Å². The molecule has 4 heteroatoms. The molecular weight excluding hydrogens is 506 g/mol. The van der Waals surface area contributed by atoms with E-state index < -0.39 is 12.1 Å². The number of carbonyl (C=O) groups is 1. The summed E-state index contributed by atoms with van der Waals surface area (Å²) in [6, 6.07) is -0.647. The molecule has 0 spiro atoms. The molecule has 41 heavy (non-hydrogen) atoms. The number of unbranched alkanes of at least 4 members (excludes halogenated alkanes) is 24. The predicted molar refractivity (Wildman–Crippen MR) is 179 cm³/mol. The second-order valence-electron chi connectivity index (χ2n) is 12.3. The summed E-state index contributed by atoms with van der Waals surface area (Å²) in [5.74, 6) is -0.0810. The topological polar surface area (TPSA) is 69.6 Å². The molecule has 0 unspecified atom stereocenters. The second-order valence-corrected chi connectivity index (χ2v) is 12.3. The molecule has 0 aromatic carbocycles. The number of nitrogens with one attached hydrogen (secondary N) is 1. The monoisotopic (exact) mass is 578 g/mol. The van der Waals surface area contributed by atoms with Gasteiger partial charge in [-0.2, -0.15) is 0 Å². The van der Waals surface area contributed by atoms with E-state index in [-0.39, 0.29) is 12.5 Å². The fraction of sp³-hybridized carbons (Fsp3) is 0.865. The van der Waals surface area contributed by atoms with Gasteiger partial charge >= 0.3 is 0 Å². The van der Waals surface area contributed by atoms with Crippen molar-refractivity contribution in [1.82, 2.24) is 5.32 Å². The first-order valence-electron chi connectivity index (χ1n) is 18.1. The van der Waals surface area contributed by atoms with E-state index >= 15 is 0 Å². The lowest BCUT2D eigenvalue weighted by Gasteiger charge is -2.19. The van der Waals surface area contributed by atoms with Crippen LogP contribution in [0.5, 0.6) is 0 Å². The van der Waals surface area contributed by atoms with E-state index in [1.807, 2.05) is 12.2 Å². The smallest absolute Gasteiger partial charge is 0.220 e. The van der Waals surface area contributed by atoms with E-state index in [2.05, 4.69) is 25.2 Å². The third kappa shape index (κ3) is 30.1. The molecule has 0 aliphatic rings. The third-order valence-electron chi connectivity index (χ3n) is 8.24. The van der Waals surface area contributed by atoms with Gasteiger partial charge in [0.25, 0.3) is 0 Å². The van der Waals surface area contributed by atoms with Gasteiger partial charge < -0.3 is 15.5 Å². The predicted octanol–water partition coefficient (Wildman–Crippen LogP) is 10.5. The fourth-order valence-electron chi connectivity index (χ4n) is 5.41. The van der Waals surface area contributed by atoms with Crippen LogP contribution in [0.4, 0.5) is 0 Å². The van der Waals surface area contributed by atoms with Gasteiger partial charge in [-0.1, -0.05) is 186 Å². The maximum atomic E-state index is 12.3. The molecule has 0 rings (SSSR count). The van der Waals surface area contributed by atoms with E-state index in [1.54, 1.807) is 6.08 Å². The van der Waals surface area contributed by atoms with Crippen LogP contribution in [0, 0.1) is 0 Å². The maximum absolute atomic E-state index is 12.3. The molecule has 4 nitrogen and oxygen atoms in total.